The fraction of sp³-hybridized carbons (Fsp3) is 0.600. The molecular formula is C15H22N4O6S3. The van der Waals surface area contributed by atoms with Crippen LogP contribution < -0.4 is 10.6 Å². The van der Waals surface area contributed by atoms with Crippen LogP contribution in [0.3, 0.4) is 0 Å². The van der Waals surface area contributed by atoms with E-state index in [9.17, 15) is 26.4 Å². The van der Waals surface area contributed by atoms with Crippen molar-refractivity contribution in [3.05, 3.63) is 17.5 Å². The summed E-state index contributed by atoms with van der Waals surface area (Å²) in [7, 11) is -6.62. The van der Waals surface area contributed by atoms with E-state index in [0.29, 0.717) is 23.7 Å². The van der Waals surface area contributed by atoms with E-state index in [-0.39, 0.29) is 31.1 Å². The summed E-state index contributed by atoms with van der Waals surface area (Å²) in [6.07, 6.45) is 0.338. The molecule has 3 amide bonds. The number of amides is 3. The predicted molar refractivity (Wildman–Crippen MR) is 103 cm³/mol. The average molecular weight is 451 g/mol. The van der Waals surface area contributed by atoms with Crippen LogP contribution in [0.1, 0.15) is 6.42 Å². The normalized spacial score (nSPS) is 23.4. The molecule has 13 heteroatoms. The van der Waals surface area contributed by atoms with E-state index < -0.39 is 37.8 Å². The number of urea groups is 1. The van der Waals surface area contributed by atoms with E-state index in [4.69, 9.17) is 0 Å². The average Bonchev–Trinajstić information content (AvgIpc) is 3.25. The van der Waals surface area contributed by atoms with Gasteiger partial charge in [0.1, 0.15) is 4.21 Å². The maximum atomic E-state index is 12.5. The van der Waals surface area contributed by atoms with Gasteiger partial charge in [0.15, 0.2) is 9.84 Å². The monoisotopic (exact) mass is 450 g/mol. The van der Waals surface area contributed by atoms with Gasteiger partial charge in [-0.3, -0.25) is 15.0 Å². The molecular weight excluding hydrogens is 428 g/mol. The number of carbonyl (C=O) groups is 2. The number of imide groups is 1. The summed E-state index contributed by atoms with van der Waals surface area (Å²) in [5, 5.41) is 6.39. The lowest BCUT2D eigenvalue weighted by molar-refractivity contribution is -0.121. The molecule has 0 aliphatic carbocycles. The molecule has 2 aliphatic rings. The SMILES string of the molecule is O=C(CN1CCN(S(=O)(=O)c2cccs2)CC1)NC(=O)N[C@H]1CCS(=O)(=O)C1. The predicted octanol–water partition coefficient (Wildman–Crippen LogP) is -0.933. The highest BCUT2D eigenvalue weighted by atomic mass is 32.2. The first-order valence-electron chi connectivity index (χ1n) is 8.72. The fourth-order valence-corrected chi connectivity index (χ4v) is 7.41. The highest BCUT2D eigenvalue weighted by Gasteiger charge is 2.31. The van der Waals surface area contributed by atoms with Crippen LogP contribution in [-0.4, -0.2) is 88.3 Å². The molecule has 3 heterocycles. The Labute approximate surface area is 167 Å². The topological polar surface area (TPSA) is 133 Å². The molecule has 2 aliphatic heterocycles. The molecule has 28 heavy (non-hydrogen) atoms. The summed E-state index contributed by atoms with van der Waals surface area (Å²) < 4.78 is 49.4. The van der Waals surface area contributed by atoms with Gasteiger partial charge in [0, 0.05) is 32.2 Å². The van der Waals surface area contributed by atoms with Crippen molar-refractivity contribution >= 4 is 43.1 Å². The zero-order valence-electron chi connectivity index (χ0n) is 15.0. The van der Waals surface area contributed by atoms with Crippen molar-refractivity contribution in [3.8, 4) is 0 Å². The van der Waals surface area contributed by atoms with Gasteiger partial charge < -0.3 is 5.32 Å². The van der Waals surface area contributed by atoms with Crippen LogP contribution in [0.4, 0.5) is 4.79 Å². The lowest BCUT2D eigenvalue weighted by Gasteiger charge is -2.33. The number of thiophene rings is 1. The highest BCUT2D eigenvalue weighted by Crippen LogP contribution is 2.21. The van der Waals surface area contributed by atoms with Gasteiger partial charge in [-0.1, -0.05) is 6.07 Å². The van der Waals surface area contributed by atoms with E-state index in [1.165, 1.54) is 15.6 Å². The van der Waals surface area contributed by atoms with Crippen molar-refractivity contribution in [2.45, 2.75) is 16.7 Å². The van der Waals surface area contributed by atoms with Gasteiger partial charge in [-0.25, -0.2) is 21.6 Å². The van der Waals surface area contributed by atoms with E-state index in [1.807, 2.05) is 0 Å². The number of hydrogen-bond donors (Lipinski definition) is 2. The first-order valence-corrected chi connectivity index (χ1v) is 12.9. The van der Waals surface area contributed by atoms with Gasteiger partial charge in [0.25, 0.3) is 10.0 Å². The Morgan fingerprint density at radius 3 is 2.50 bits per heavy atom. The highest BCUT2D eigenvalue weighted by molar-refractivity contribution is 7.91. The molecule has 2 fully saturated rings. The second kappa shape index (κ2) is 8.45. The number of nitrogens with one attached hydrogen (secondary N) is 2. The second-order valence-corrected chi connectivity index (χ2v) is 12.1. The Morgan fingerprint density at radius 2 is 1.93 bits per heavy atom. The Hall–Kier alpha value is -1.54. The molecule has 0 radical (unpaired) electrons. The molecule has 2 N–H and O–H groups in total. The minimum atomic E-state index is -3.50. The molecule has 0 saturated carbocycles. The zero-order valence-corrected chi connectivity index (χ0v) is 17.5. The van der Waals surface area contributed by atoms with Crippen LogP contribution in [0.2, 0.25) is 0 Å². The third-order valence-corrected chi connectivity index (χ3v) is 9.65. The maximum Gasteiger partial charge on any atom is 0.321 e. The minimum Gasteiger partial charge on any atom is -0.334 e. The molecule has 0 bridgehead atoms. The number of carbonyl (C=O) groups excluding carboxylic acids is 2. The van der Waals surface area contributed by atoms with Gasteiger partial charge >= 0.3 is 6.03 Å². The third kappa shape index (κ3) is 5.29. The molecule has 10 nitrogen and oxygen atoms in total. The quantitative estimate of drug-likeness (QED) is 0.592. The third-order valence-electron chi connectivity index (χ3n) is 4.61. The molecule has 3 rings (SSSR count). The Kier molecular flexibility index (Phi) is 6.39. The van der Waals surface area contributed by atoms with Crippen molar-refractivity contribution < 1.29 is 26.4 Å². The summed E-state index contributed by atoms with van der Waals surface area (Å²) >= 11 is 1.17. The summed E-state index contributed by atoms with van der Waals surface area (Å²) in [5.41, 5.74) is 0. The van der Waals surface area contributed by atoms with Crippen molar-refractivity contribution in [3.63, 3.8) is 0 Å². The van der Waals surface area contributed by atoms with Gasteiger partial charge in [0.05, 0.1) is 18.1 Å². The number of sulfonamides is 1. The fourth-order valence-electron chi connectivity index (χ4n) is 3.17. The first kappa shape index (κ1) is 21.2. The van der Waals surface area contributed by atoms with Crippen molar-refractivity contribution in [2.75, 3.05) is 44.2 Å². The van der Waals surface area contributed by atoms with Crippen LogP contribution in [0.5, 0.6) is 0 Å². The largest absolute Gasteiger partial charge is 0.334 e. The van der Waals surface area contributed by atoms with Crippen LogP contribution in [0, 0.1) is 0 Å². The summed E-state index contributed by atoms with van der Waals surface area (Å²) in [6.45, 7) is 1.24. The molecule has 0 unspecified atom stereocenters. The molecule has 2 saturated heterocycles. The van der Waals surface area contributed by atoms with Crippen LogP contribution >= 0.6 is 11.3 Å². The van der Waals surface area contributed by atoms with Crippen molar-refractivity contribution in [1.82, 2.24) is 19.8 Å². The zero-order chi connectivity index (χ0) is 20.4. The summed E-state index contributed by atoms with van der Waals surface area (Å²) in [6, 6.07) is 2.05. The van der Waals surface area contributed by atoms with E-state index >= 15 is 0 Å². The lowest BCUT2D eigenvalue weighted by Crippen LogP contribution is -2.52. The maximum absolute atomic E-state index is 12.5. The first-order chi connectivity index (χ1) is 13.2. The minimum absolute atomic E-state index is 0.0323. The van der Waals surface area contributed by atoms with Crippen LogP contribution in [-0.2, 0) is 24.7 Å². The number of sulfone groups is 1. The molecule has 0 spiro atoms. The Morgan fingerprint density at radius 1 is 1.21 bits per heavy atom. The van der Waals surface area contributed by atoms with Gasteiger partial charge in [-0.15, -0.1) is 11.3 Å². The van der Waals surface area contributed by atoms with Gasteiger partial charge in [0.2, 0.25) is 5.91 Å². The second-order valence-electron chi connectivity index (χ2n) is 6.73. The molecule has 1 aromatic rings. The van der Waals surface area contributed by atoms with E-state index in [0.717, 1.165) is 0 Å². The van der Waals surface area contributed by atoms with Crippen LogP contribution in [0.25, 0.3) is 0 Å². The number of piperazine rings is 1. The van der Waals surface area contributed by atoms with Gasteiger partial charge in [-0.2, -0.15) is 4.31 Å². The van der Waals surface area contributed by atoms with E-state index in [2.05, 4.69) is 10.6 Å². The standard InChI is InChI=1S/C15H22N4O6S3/c20-13(17-15(21)16-12-3-9-27(22,23)11-12)10-18-4-6-19(7-5-18)28(24,25)14-2-1-8-26-14/h1-2,8,12H,3-7,9-11H2,(H2,16,17,20,21)/t12-/m0/s1. The van der Waals surface area contributed by atoms with E-state index in [1.54, 1.807) is 22.4 Å². The summed E-state index contributed by atoms with van der Waals surface area (Å²) in [5.74, 6) is -0.604. The van der Waals surface area contributed by atoms with Crippen LogP contribution in [0.15, 0.2) is 21.7 Å². The smallest absolute Gasteiger partial charge is 0.321 e. The molecule has 0 aromatic carbocycles. The summed E-state index contributed by atoms with van der Waals surface area (Å²) in [4.78, 5) is 25.6. The number of rotatable bonds is 5. The Balaban J connectivity index is 1.42. The molecule has 1 atom stereocenters. The lowest BCUT2D eigenvalue weighted by atomic mass is 10.3. The van der Waals surface area contributed by atoms with Crippen molar-refractivity contribution in [2.24, 2.45) is 0 Å². The number of hydrogen-bond acceptors (Lipinski definition) is 8. The molecule has 1 aromatic heterocycles. The number of nitrogens with zero attached hydrogens (tertiary/aromatic N) is 2. The van der Waals surface area contributed by atoms with Crippen molar-refractivity contribution in [1.29, 1.82) is 0 Å². The Bertz CT molecular complexity index is 921. The van der Waals surface area contributed by atoms with Gasteiger partial charge in [-0.05, 0) is 17.9 Å². The molecule has 156 valence electrons.